The highest BCUT2D eigenvalue weighted by Crippen LogP contribution is 2.30. The molecule has 4 heteroatoms. The van der Waals surface area contributed by atoms with Crippen molar-refractivity contribution in [2.24, 2.45) is 0 Å². The average Bonchev–Trinajstić information content (AvgIpc) is 2.60. The summed E-state index contributed by atoms with van der Waals surface area (Å²) in [5.74, 6) is 0.257. The summed E-state index contributed by atoms with van der Waals surface area (Å²) >= 11 is 0. The zero-order valence-corrected chi connectivity index (χ0v) is 12.4. The molecule has 0 aliphatic heterocycles. The lowest BCUT2D eigenvalue weighted by Gasteiger charge is -2.08. The lowest BCUT2D eigenvalue weighted by atomic mass is 10.0. The molecule has 1 aromatic heterocycles. The zero-order chi connectivity index (χ0) is 15.5. The van der Waals surface area contributed by atoms with E-state index in [4.69, 9.17) is 9.47 Å². The van der Waals surface area contributed by atoms with Gasteiger partial charge in [0, 0.05) is 11.8 Å². The smallest absolute Gasteiger partial charge is 0.337 e. The Hall–Kier alpha value is -2.88. The van der Waals surface area contributed by atoms with Crippen LogP contribution in [0.4, 0.5) is 0 Å². The van der Waals surface area contributed by atoms with Crippen LogP contribution in [0.25, 0.3) is 21.9 Å². The molecule has 110 valence electrons. The third-order valence-corrected chi connectivity index (χ3v) is 3.54. The van der Waals surface area contributed by atoms with Gasteiger partial charge in [-0.2, -0.15) is 0 Å². The summed E-state index contributed by atoms with van der Waals surface area (Å²) in [7, 11) is 2.99. The Labute approximate surface area is 128 Å². The number of pyridine rings is 1. The highest BCUT2D eigenvalue weighted by atomic mass is 16.5. The van der Waals surface area contributed by atoms with Crippen molar-refractivity contribution in [1.82, 2.24) is 4.98 Å². The molecule has 0 N–H and O–H groups in total. The number of benzene rings is 2. The average molecular weight is 293 g/mol. The van der Waals surface area contributed by atoms with Crippen LogP contribution in [0.3, 0.4) is 0 Å². The lowest BCUT2D eigenvalue weighted by molar-refractivity contribution is 0.0601. The first-order valence-electron chi connectivity index (χ1n) is 6.84. The fourth-order valence-corrected chi connectivity index (χ4v) is 2.43. The largest absolute Gasteiger partial charge is 0.481 e. The van der Waals surface area contributed by atoms with Crippen molar-refractivity contribution in [3.63, 3.8) is 0 Å². The molecule has 0 saturated carbocycles. The van der Waals surface area contributed by atoms with Gasteiger partial charge in [-0.05, 0) is 46.7 Å². The van der Waals surface area contributed by atoms with Gasteiger partial charge in [-0.25, -0.2) is 9.78 Å². The summed E-state index contributed by atoms with van der Waals surface area (Å²) in [5, 5.41) is 2.02. The first-order valence-corrected chi connectivity index (χ1v) is 6.84. The molecule has 0 saturated heterocycles. The molecule has 0 aliphatic rings. The molecule has 0 unspecified atom stereocenters. The second-order valence-electron chi connectivity index (χ2n) is 4.83. The van der Waals surface area contributed by atoms with Crippen molar-refractivity contribution in [3.05, 3.63) is 60.3 Å². The second-order valence-corrected chi connectivity index (χ2v) is 4.83. The van der Waals surface area contributed by atoms with Crippen molar-refractivity contribution < 1.29 is 14.3 Å². The van der Waals surface area contributed by atoms with Crippen LogP contribution in [0.15, 0.2) is 54.7 Å². The molecular weight excluding hydrogens is 278 g/mol. The number of fused-ring (bicyclic) bond motifs is 1. The number of carbonyl (C=O) groups excluding carboxylic acids is 1. The molecule has 0 amide bonds. The Kier molecular flexibility index (Phi) is 3.74. The van der Waals surface area contributed by atoms with Gasteiger partial charge in [-0.15, -0.1) is 0 Å². The Bertz CT molecular complexity index is 843. The van der Waals surface area contributed by atoms with Gasteiger partial charge in [0.25, 0.3) is 0 Å². The molecule has 2 aromatic carbocycles. The fourth-order valence-electron chi connectivity index (χ4n) is 2.43. The first-order chi connectivity index (χ1) is 10.7. The maximum absolute atomic E-state index is 11.6. The third kappa shape index (κ3) is 2.51. The Morgan fingerprint density at radius 1 is 1.00 bits per heavy atom. The van der Waals surface area contributed by atoms with E-state index < -0.39 is 0 Å². The maximum Gasteiger partial charge on any atom is 0.337 e. The molecule has 3 rings (SSSR count). The van der Waals surface area contributed by atoms with Crippen LogP contribution in [-0.4, -0.2) is 25.2 Å². The SMILES string of the molecule is COC(=O)c1ccc2cc(-c3cccnc3OC)ccc2c1. The molecular formula is C18H15NO3. The summed E-state index contributed by atoms with van der Waals surface area (Å²) < 4.78 is 10.0. The summed E-state index contributed by atoms with van der Waals surface area (Å²) in [4.78, 5) is 15.8. The van der Waals surface area contributed by atoms with Crippen LogP contribution in [0.5, 0.6) is 5.88 Å². The number of hydrogen-bond donors (Lipinski definition) is 0. The highest BCUT2D eigenvalue weighted by molar-refractivity contribution is 5.96. The molecule has 0 radical (unpaired) electrons. The van der Waals surface area contributed by atoms with Crippen LogP contribution < -0.4 is 4.74 Å². The van der Waals surface area contributed by atoms with Crippen LogP contribution in [0, 0.1) is 0 Å². The minimum Gasteiger partial charge on any atom is -0.481 e. The molecule has 0 atom stereocenters. The Morgan fingerprint density at radius 3 is 2.55 bits per heavy atom. The molecule has 3 aromatic rings. The van der Waals surface area contributed by atoms with Crippen molar-refractivity contribution in [2.75, 3.05) is 14.2 Å². The van der Waals surface area contributed by atoms with Crippen LogP contribution >= 0.6 is 0 Å². The van der Waals surface area contributed by atoms with E-state index in [0.29, 0.717) is 11.4 Å². The number of hydrogen-bond acceptors (Lipinski definition) is 4. The van der Waals surface area contributed by atoms with Crippen molar-refractivity contribution in [3.8, 4) is 17.0 Å². The van der Waals surface area contributed by atoms with Crippen LogP contribution in [0.2, 0.25) is 0 Å². The quantitative estimate of drug-likeness (QED) is 0.691. The lowest BCUT2D eigenvalue weighted by Crippen LogP contribution is -2.00. The molecule has 0 spiro atoms. The number of methoxy groups -OCH3 is 2. The van der Waals surface area contributed by atoms with Crippen molar-refractivity contribution in [1.29, 1.82) is 0 Å². The number of nitrogens with zero attached hydrogens (tertiary/aromatic N) is 1. The number of carbonyl (C=O) groups is 1. The van der Waals surface area contributed by atoms with E-state index in [0.717, 1.165) is 21.9 Å². The van der Waals surface area contributed by atoms with Gasteiger partial charge in [0.2, 0.25) is 5.88 Å². The first kappa shape index (κ1) is 14.1. The number of esters is 1. The Morgan fingerprint density at radius 2 is 1.77 bits per heavy atom. The topological polar surface area (TPSA) is 48.4 Å². The van der Waals surface area contributed by atoms with E-state index in [-0.39, 0.29) is 5.97 Å². The summed E-state index contributed by atoms with van der Waals surface area (Å²) in [6, 6.07) is 15.4. The maximum atomic E-state index is 11.6. The minimum absolute atomic E-state index is 0.333. The summed E-state index contributed by atoms with van der Waals surface area (Å²) in [6.45, 7) is 0. The molecule has 0 aliphatic carbocycles. The predicted octanol–water partition coefficient (Wildman–Crippen LogP) is 3.70. The van der Waals surface area contributed by atoms with E-state index in [1.807, 2.05) is 36.4 Å². The zero-order valence-electron chi connectivity index (χ0n) is 12.4. The van der Waals surface area contributed by atoms with Gasteiger partial charge in [-0.3, -0.25) is 0 Å². The van der Waals surface area contributed by atoms with Gasteiger partial charge in [0.1, 0.15) is 0 Å². The molecule has 0 bridgehead atoms. The molecule has 0 fully saturated rings. The Balaban J connectivity index is 2.09. The van der Waals surface area contributed by atoms with Crippen LogP contribution in [0.1, 0.15) is 10.4 Å². The second kappa shape index (κ2) is 5.85. The monoisotopic (exact) mass is 293 g/mol. The van der Waals surface area contributed by atoms with E-state index in [1.165, 1.54) is 7.11 Å². The van der Waals surface area contributed by atoms with Gasteiger partial charge in [-0.1, -0.05) is 18.2 Å². The summed E-state index contributed by atoms with van der Waals surface area (Å²) in [6.07, 6.45) is 1.70. The van der Waals surface area contributed by atoms with Gasteiger partial charge >= 0.3 is 5.97 Å². The number of rotatable bonds is 3. The van der Waals surface area contributed by atoms with E-state index >= 15 is 0 Å². The van der Waals surface area contributed by atoms with Gasteiger partial charge in [0.05, 0.1) is 19.8 Å². The van der Waals surface area contributed by atoms with E-state index in [2.05, 4.69) is 11.1 Å². The molecule has 22 heavy (non-hydrogen) atoms. The van der Waals surface area contributed by atoms with E-state index in [9.17, 15) is 4.79 Å². The minimum atomic E-state index is -0.333. The number of aromatic nitrogens is 1. The van der Waals surface area contributed by atoms with Gasteiger partial charge < -0.3 is 9.47 Å². The number of ether oxygens (including phenoxy) is 2. The summed E-state index contributed by atoms with van der Waals surface area (Å²) in [5.41, 5.74) is 2.49. The predicted molar refractivity (Wildman–Crippen MR) is 85.1 cm³/mol. The van der Waals surface area contributed by atoms with E-state index in [1.54, 1.807) is 19.4 Å². The van der Waals surface area contributed by atoms with Crippen LogP contribution in [-0.2, 0) is 4.74 Å². The normalized spacial score (nSPS) is 10.5. The fraction of sp³-hybridized carbons (Fsp3) is 0.111. The third-order valence-electron chi connectivity index (χ3n) is 3.54. The molecule has 4 nitrogen and oxygen atoms in total. The van der Waals surface area contributed by atoms with Crippen molar-refractivity contribution in [2.45, 2.75) is 0 Å². The van der Waals surface area contributed by atoms with Crippen molar-refractivity contribution >= 4 is 16.7 Å². The highest BCUT2D eigenvalue weighted by Gasteiger charge is 2.09. The standard InChI is InChI=1S/C18H15NO3/c1-21-17-16(4-3-9-19-17)14-7-5-13-11-15(18(20)22-2)8-6-12(13)10-14/h3-11H,1-2H3. The molecule has 1 heterocycles. The van der Waals surface area contributed by atoms with Gasteiger partial charge in [0.15, 0.2) is 0 Å².